The molecule has 7 heteroatoms. The maximum absolute atomic E-state index is 13.6. The molecule has 0 aromatic carbocycles. The first kappa shape index (κ1) is 12.7. The van der Waals surface area contributed by atoms with Crippen LogP contribution in [0.15, 0.2) is 12.3 Å². The van der Waals surface area contributed by atoms with E-state index in [0.29, 0.717) is 12.1 Å². The van der Waals surface area contributed by atoms with Gasteiger partial charge in [-0.25, -0.2) is 9.37 Å². The van der Waals surface area contributed by atoms with Crippen molar-refractivity contribution in [1.29, 1.82) is 0 Å². The molecule has 0 bridgehead atoms. The molecule has 18 heavy (non-hydrogen) atoms. The van der Waals surface area contributed by atoms with Crippen molar-refractivity contribution < 1.29 is 14.1 Å². The van der Waals surface area contributed by atoms with Gasteiger partial charge in [0.2, 0.25) is 0 Å². The number of halogens is 1. The third-order valence-corrected chi connectivity index (χ3v) is 2.81. The molecule has 0 saturated carbocycles. The number of hydrogen-bond donors (Lipinski definition) is 0. The van der Waals surface area contributed by atoms with Gasteiger partial charge in [-0.05, 0) is 19.5 Å². The number of likely N-dealkylation sites (N-methyl/N-ethyl adjacent to an activating group) is 1. The molecule has 1 saturated heterocycles. The van der Waals surface area contributed by atoms with Crippen molar-refractivity contribution in [2.24, 2.45) is 0 Å². The number of likely N-dealkylation sites (tertiary alicyclic amines) is 1. The van der Waals surface area contributed by atoms with Gasteiger partial charge in [0.25, 0.3) is 5.88 Å². The Morgan fingerprint density at radius 1 is 1.61 bits per heavy atom. The van der Waals surface area contributed by atoms with E-state index in [2.05, 4.69) is 4.98 Å². The van der Waals surface area contributed by atoms with Crippen molar-refractivity contribution >= 4 is 5.69 Å². The number of nitro groups is 1. The molecule has 6 nitrogen and oxygen atoms in total. The Morgan fingerprint density at radius 2 is 2.33 bits per heavy atom. The average Bonchev–Trinajstić information content (AvgIpc) is 2.60. The summed E-state index contributed by atoms with van der Waals surface area (Å²) in [5.41, 5.74) is 0.436. The molecule has 0 N–H and O–H groups in total. The van der Waals surface area contributed by atoms with Crippen LogP contribution in [0.4, 0.5) is 10.1 Å². The van der Waals surface area contributed by atoms with Gasteiger partial charge in [0, 0.05) is 25.4 Å². The number of rotatable bonds is 3. The van der Waals surface area contributed by atoms with Crippen LogP contribution in [-0.2, 0) is 0 Å². The summed E-state index contributed by atoms with van der Waals surface area (Å²) in [5, 5.41) is 10.9. The summed E-state index contributed by atoms with van der Waals surface area (Å²) in [7, 11) is 1.77. The standard InChI is InChI=1S/C11H14FN3O3/c1-7-3-9(15(16)17)11(13-4-7)18-10-6-14(2)5-8(10)12/h3-4,8,10H,5-6H2,1-2H3. The third-order valence-electron chi connectivity index (χ3n) is 2.81. The van der Waals surface area contributed by atoms with E-state index in [4.69, 9.17) is 4.74 Å². The molecule has 0 aliphatic carbocycles. The van der Waals surface area contributed by atoms with Crippen LogP contribution < -0.4 is 4.74 Å². The van der Waals surface area contributed by atoms with Crippen molar-refractivity contribution in [2.75, 3.05) is 20.1 Å². The second kappa shape index (κ2) is 4.85. The molecule has 2 atom stereocenters. The first-order valence-electron chi connectivity index (χ1n) is 5.57. The van der Waals surface area contributed by atoms with Crippen molar-refractivity contribution in [3.63, 3.8) is 0 Å². The van der Waals surface area contributed by atoms with Gasteiger partial charge in [-0.2, -0.15) is 0 Å². The van der Waals surface area contributed by atoms with Gasteiger partial charge < -0.3 is 4.74 Å². The lowest BCUT2D eigenvalue weighted by atomic mass is 10.2. The van der Waals surface area contributed by atoms with Gasteiger partial charge in [-0.3, -0.25) is 15.0 Å². The van der Waals surface area contributed by atoms with E-state index in [9.17, 15) is 14.5 Å². The van der Waals surface area contributed by atoms with Crippen LogP contribution in [0.1, 0.15) is 5.56 Å². The average molecular weight is 255 g/mol. The van der Waals surface area contributed by atoms with Crippen LogP contribution in [0.25, 0.3) is 0 Å². The molecule has 2 unspecified atom stereocenters. The fourth-order valence-electron chi connectivity index (χ4n) is 1.93. The summed E-state index contributed by atoms with van der Waals surface area (Å²) >= 11 is 0. The van der Waals surface area contributed by atoms with E-state index in [1.807, 2.05) is 0 Å². The third kappa shape index (κ3) is 2.56. The minimum atomic E-state index is -1.15. The quantitative estimate of drug-likeness (QED) is 0.602. The van der Waals surface area contributed by atoms with Crippen molar-refractivity contribution in [3.05, 3.63) is 27.9 Å². The SMILES string of the molecule is Cc1cnc(OC2CN(C)CC2F)c([N+](=O)[O-])c1. The summed E-state index contributed by atoms with van der Waals surface area (Å²) < 4.78 is 18.9. The molecular weight excluding hydrogens is 241 g/mol. The zero-order valence-corrected chi connectivity index (χ0v) is 10.2. The second-order valence-electron chi connectivity index (χ2n) is 4.49. The summed E-state index contributed by atoms with van der Waals surface area (Å²) in [6.07, 6.45) is -0.393. The Bertz CT molecular complexity index is 469. The minimum absolute atomic E-state index is 0.117. The number of pyridine rings is 1. The first-order chi connectivity index (χ1) is 8.47. The van der Waals surface area contributed by atoms with Crippen LogP contribution >= 0.6 is 0 Å². The maximum Gasteiger partial charge on any atom is 0.331 e. The zero-order valence-electron chi connectivity index (χ0n) is 10.2. The lowest BCUT2D eigenvalue weighted by Crippen LogP contribution is -2.27. The molecule has 1 aliphatic rings. The highest BCUT2D eigenvalue weighted by molar-refractivity contribution is 5.42. The number of aryl methyl sites for hydroxylation is 1. The highest BCUT2D eigenvalue weighted by atomic mass is 19.1. The van der Waals surface area contributed by atoms with E-state index in [-0.39, 0.29) is 18.1 Å². The molecule has 1 aliphatic heterocycles. The summed E-state index contributed by atoms with van der Waals surface area (Å²) in [6, 6.07) is 1.37. The Balaban J connectivity index is 2.21. The number of alkyl halides is 1. The van der Waals surface area contributed by atoms with E-state index in [0.717, 1.165) is 0 Å². The van der Waals surface area contributed by atoms with Crippen molar-refractivity contribution in [2.45, 2.75) is 19.2 Å². The Labute approximate surface area is 104 Å². The van der Waals surface area contributed by atoms with Crippen LogP contribution in [0.2, 0.25) is 0 Å². The zero-order chi connectivity index (χ0) is 13.3. The van der Waals surface area contributed by atoms with E-state index in [1.165, 1.54) is 12.3 Å². The molecule has 1 aromatic rings. The highest BCUT2D eigenvalue weighted by Gasteiger charge is 2.34. The van der Waals surface area contributed by atoms with E-state index >= 15 is 0 Å². The largest absolute Gasteiger partial charge is 0.465 e. The topological polar surface area (TPSA) is 68.5 Å². The lowest BCUT2D eigenvalue weighted by molar-refractivity contribution is -0.386. The Kier molecular flexibility index (Phi) is 3.42. The Hall–Kier alpha value is -1.76. The van der Waals surface area contributed by atoms with E-state index < -0.39 is 17.2 Å². The van der Waals surface area contributed by atoms with Crippen molar-refractivity contribution in [3.8, 4) is 5.88 Å². The molecule has 0 radical (unpaired) electrons. The maximum atomic E-state index is 13.6. The van der Waals surface area contributed by atoms with Crippen LogP contribution in [0.5, 0.6) is 5.88 Å². The second-order valence-corrected chi connectivity index (χ2v) is 4.49. The highest BCUT2D eigenvalue weighted by Crippen LogP contribution is 2.28. The molecule has 1 fully saturated rings. The molecule has 98 valence electrons. The Morgan fingerprint density at radius 3 is 2.89 bits per heavy atom. The fourth-order valence-corrected chi connectivity index (χ4v) is 1.93. The van der Waals surface area contributed by atoms with Gasteiger partial charge in [-0.15, -0.1) is 0 Å². The predicted molar refractivity (Wildman–Crippen MR) is 62.4 cm³/mol. The minimum Gasteiger partial charge on any atom is -0.465 e. The monoisotopic (exact) mass is 255 g/mol. The molecule has 2 rings (SSSR count). The molecule has 2 heterocycles. The first-order valence-corrected chi connectivity index (χ1v) is 5.57. The smallest absolute Gasteiger partial charge is 0.331 e. The van der Waals surface area contributed by atoms with Crippen LogP contribution in [0.3, 0.4) is 0 Å². The van der Waals surface area contributed by atoms with Gasteiger partial charge in [0.05, 0.1) is 4.92 Å². The predicted octanol–water partition coefficient (Wildman–Crippen LogP) is 1.33. The summed E-state index contributed by atoms with van der Waals surface area (Å²) in [6.45, 7) is 2.36. The molecule has 0 amide bonds. The van der Waals surface area contributed by atoms with Gasteiger partial charge >= 0.3 is 5.69 Å². The number of aromatic nitrogens is 1. The fraction of sp³-hybridized carbons (Fsp3) is 0.545. The molecular formula is C11H14FN3O3. The number of hydrogen-bond acceptors (Lipinski definition) is 5. The molecule has 1 aromatic heterocycles. The van der Waals surface area contributed by atoms with Crippen LogP contribution in [-0.4, -0.2) is 47.2 Å². The van der Waals surface area contributed by atoms with Gasteiger partial charge in [-0.1, -0.05) is 0 Å². The summed E-state index contributed by atoms with van der Waals surface area (Å²) in [4.78, 5) is 16.0. The van der Waals surface area contributed by atoms with Crippen molar-refractivity contribution in [1.82, 2.24) is 9.88 Å². The van der Waals surface area contributed by atoms with Gasteiger partial charge in [0.15, 0.2) is 6.17 Å². The lowest BCUT2D eigenvalue weighted by Gasteiger charge is -2.14. The summed E-state index contributed by atoms with van der Waals surface area (Å²) in [5.74, 6) is -0.117. The number of ether oxygens (including phenoxy) is 1. The normalized spacial score (nSPS) is 24.2. The van der Waals surface area contributed by atoms with Gasteiger partial charge in [0.1, 0.15) is 6.10 Å². The van der Waals surface area contributed by atoms with E-state index in [1.54, 1.807) is 18.9 Å². The number of nitrogens with zero attached hydrogens (tertiary/aromatic N) is 3. The van der Waals surface area contributed by atoms with Crippen LogP contribution in [0, 0.1) is 17.0 Å². The molecule has 0 spiro atoms.